The molecule has 0 saturated heterocycles. The van der Waals surface area contributed by atoms with Gasteiger partial charge in [-0.1, -0.05) is 48.5 Å². The number of rotatable bonds is 5. The van der Waals surface area contributed by atoms with Gasteiger partial charge >= 0.3 is 0 Å². The van der Waals surface area contributed by atoms with E-state index in [1.54, 1.807) is 42.5 Å². The van der Waals surface area contributed by atoms with Gasteiger partial charge in [0.15, 0.2) is 0 Å². The summed E-state index contributed by atoms with van der Waals surface area (Å²) in [5, 5.41) is 20.2. The van der Waals surface area contributed by atoms with Gasteiger partial charge in [0.1, 0.15) is 11.4 Å². The minimum absolute atomic E-state index is 0.0266. The largest absolute Gasteiger partial charge is 0.506 e. The molecule has 0 fully saturated rings. The van der Waals surface area contributed by atoms with E-state index < -0.39 is 10.0 Å². The van der Waals surface area contributed by atoms with E-state index >= 15 is 0 Å². The highest BCUT2D eigenvalue weighted by Crippen LogP contribution is 2.36. The van der Waals surface area contributed by atoms with Crippen molar-refractivity contribution in [3.63, 3.8) is 0 Å². The molecule has 144 valence electrons. The molecule has 6 nitrogen and oxygen atoms in total. The Balaban J connectivity index is 1.58. The number of fused-ring (bicyclic) bond motifs is 1. The molecule has 0 spiro atoms. The molecule has 0 aliphatic heterocycles. The summed E-state index contributed by atoms with van der Waals surface area (Å²) in [5.74, 6) is 0.0266. The lowest BCUT2D eigenvalue weighted by atomic mass is 10.1. The predicted molar refractivity (Wildman–Crippen MR) is 113 cm³/mol. The fourth-order valence-corrected chi connectivity index (χ4v) is 3.93. The van der Waals surface area contributed by atoms with Gasteiger partial charge in [-0.05, 0) is 47.9 Å². The molecule has 0 saturated carbocycles. The third kappa shape index (κ3) is 4.09. The number of hydrogen-bond acceptors (Lipinski definition) is 5. The number of anilines is 1. The van der Waals surface area contributed by atoms with Crippen molar-refractivity contribution in [2.24, 2.45) is 10.2 Å². The Kier molecular flexibility index (Phi) is 4.97. The van der Waals surface area contributed by atoms with E-state index in [9.17, 15) is 13.5 Å². The number of para-hydroxylation sites is 1. The lowest BCUT2D eigenvalue weighted by Gasteiger charge is -2.08. The minimum atomic E-state index is -3.70. The molecular weight excluding hydrogens is 386 g/mol. The summed E-state index contributed by atoms with van der Waals surface area (Å²) in [7, 11) is -3.70. The number of hydrogen-bond donors (Lipinski definition) is 2. The monoisotopic (exact) mass is 403 g/mol. The van der Waals surface area contributed by atoms with E-state index in [2.05, 4.69) is 15.0 Å². The predicted octanol–water partition coefficient (Wildman–Crippen LogP) is 5.76. The second kappa shape index (κ2) is 7.73. The number of nitrogens with zero attached hydrogens (tertiary/aromatic N) is 2. The Morgan fingerprint density at radius 3 is 2.17 bits per heavy atom. The summed E-state index contributed by atoms with van der Waals surface area (Å²) in [6, 6.07) is 25.6. The van der Waals surface area contributed by atoms with E-state index in [0.29, 0.717) is 17.1 Å². The van der Waals surface area contributed by atoms with Crippen LogP contribution < -0.4 is 4.72 Å². The highest BCUT2D eigenvalue weighted by atomic mass is 32.2. The van der Waals surface area contributed by atoms with Gasteiger partial charge in [-0.3, -0.25) is 4.72 Å². The molecule has 29 heavy (non-hydrogen) atoms. The van der Waals surface area contributed by atoms with Crippen LogP contribution in [0.15, 0.2) is 106 Å². The highest BCUT2D eigenvalue weighted by molar-refractivity contribution is 7.92. The zero-order valence-corrected chi connectivity index (χ0v) is 16.0. The van der Waals surface area contributed by atoms with Crippen LogP contribution in [0.3, 0.4) is 0 Å². The first-order valence-electron chi connectivity index (χ1n) is 8.83. The summed E-state index contributed by atoms with van der Waals surface area (Å²) in [6.45, 7) is 0. The molecule has 0 unspecified atom stereocenters. The van der Waals surface area contributed by atoms with Gasteiger partial charge in [-0.25, -0.2) is 8.42 Å². The Morgan fingerprint density at radius 1 is 0.724 bits per heavy atom. The third-order valence-corrected chi connectivity index (χ3v) is 5.71. The zero-order valence-electron chi connectivity index (χ0n) is 15.2. The first-order valence-corrected chi connectivity index (χ1v) is 10.3. The van der Waals surface area contributed by atoms with Crippen LogP contribution >= 0.6 is 0 Å². The zero-order chi connectivity index (χ0) is 20.3. The van der Waals surface area contributed by atoms with E-state index in [-0.39, 0.29) is 10.6 Å². The number of aromatic hydroxyl groups is 1. The molecule has 0 aliphatic carbocycles. The van der Waals surface area contributed by atoms with Crippen molar-refractivity contribution >= 4 is 37.9 Å². The van der Waals surface area contributed by atoms with Crippen LogP contribution in [-0.4, -0.2) is 13.5 Å². The molecular formula is C22H17N3O3S. The van der Waals surface area contributed by atoms with Gasteiger partial charge in [0.2, 0.25) is 0 Å². The summed E-state index contributed by atoms with van der Waals surface area (Å²) >= 11 is 0. The van der Waals surface area contributed by atoms with Gasteiger partial charge in [-0.2, -0.15) is 5.11 Å². The third-order valence-electron chi connectivity index (χ3n) is 4.32. The smallest absolute Gasteiger partial charge is 0.261 e. The minimum Gasteiger partial charge on any atom is -0.506 e. The summed E-state index contributed by atoms with van der Waals surface area (Å²) < 4.78 is 27.5. The quantitative estimate of drug-likeness (QED) is 0.415. The van der Waals surface area contributed by atoms with Crippen molar-refractivity contribution in [3.05, 3.63) is 91.0 Å². The number of nitrogens with one attached hydrogen (secondary N) is 1. The van der Waals surface area contributed by atoms with Crippen LogP contribution in [0.1, 0.15) is 0 Å². The van der Waals surface area contributed by atoms with Crippen molar-refractivity contribution in [2.75, 3.05) is 4.72 Å². The fourth-order valence-electron chi connectivity index (χ4n) is 2.87. The second-order valence-corrected chi connectivity index (χ2v) is 8.00. The maximum atomic E-state index is 12.5. The second-order valence-electron chi connectivity index (χ2n) is 6.32. The van der Waals surface area contributed by atoms with Crippen LogP contribution in [0, 0.1) is 0 Å². The molecule has 0 bridgehead atoms. The number of phenolic OH excluding ortho intramolecular Hbond substituents is 1. The van der Waals surface area contributed by atoms with Crippen LogP contribution in [0.4, 0.5) is 17.1 Å². The van der Waals surface area contributed by atoms with Crippen molar-refractivity contribution in [2.45, 2.75) is 4.90 Å². The molecule has 0 amide bonds. The van der Waals surface area contributed by atoms with Gasteiger partial charge in [0.05, 0.1) is 10.6 Å². The van der Waals surface area contributed by atoms with E-state index in [1.165, 1.54) is 12.1 Å². The van der Waals surface area contributed by atoms with Crippen molar-refractivity contribution in [1.82, 2.24) is 0 Å². The van der Waals surface area contributed by atoms with Crippen molar-refractivity contribution in [3.8, 4) is 5.75 Å². The normalized spacial score (nSPS) is 11.7. The molecule has 4 aromatic carbocycles. The Morgan fingerprint density at radius 2 is 1.41 bits per heavy atom. The van der Waals surface area contributed by atoms with Gasteiger partial charge < -0.3 is 5.11 Å². The van der Waals surface area contributed by atoms with Crippen LogP contribution in [0.25, 0.3) is 10.8 Å². The first kappa shape index (κ1) is 18.6. The molecule has 4 rings (SSSR count). The van der Waals surface area contributed by atoms with Crippen molar-refractivity contribution in [1.29, 1.82) is 0 Å². The maximum absolute atomic E-state index is 12.5. The van der Waals surface area contributed by atoms with E-state index in [1.807, 2.05) is 36.4 Å². The highest BCUT2D eigenvalue weighted by Gasteiger charge is 2.14. The Hall–Kier alpha value is -3.71. The molecule has 0 heterocycles. The number of phenols is 1. The maximum Gasteiger partial charge on any atom is 0.261 e. The number of azo groups is 1. The van der Waals surface area contributed by atoms with Crippen LogP contribution in [-0.2, 0) is 10.0 Å². The summed E-state index contributed by atoms with van der Waals surface area (Å²) in [5.41, 5.74) is 1.32. The van der Waals surface area contributed by atoms with Crippen LogP contribution in [0.5, 0.6) is 5.75 Å². The molecule has 7 heteroatoms. The van der Waals surface area contributed by atoms with E-state index in [4.69, 9.17) is 0 Å². The molecule has 0 aromatic heterocycles. The molecule has 2 N–H and O–H groups in total. The Bertz CT molecular complexity index is 1290. The van der Waals surface area contributed by atoms with Gasteiger partial charge in [0, 0.05) is 11.1 Å². The standard InChI is InChI=1S/C22H17N3O3S/c26-21-15-10-16-6-4-5-9-20(16)22(21)24-23-17-11-13-19(14-12-17)29(27,28)25-18-7-2-1-3-8-18/h1-15,25-26H. The molecule has 0 radical (unpaired) electrons. The molecule has 0 atom stereocenters. The fraction of sp³-hybridized carbons (Fsp3) is 0. The van der Waals surface area contributed by atoms with E-state index in [0.717, 1.165) is 10.8 Å². The van der Waals surface area contributed by atoms with Crippen LogP contribution in [0.2, 0.25) is 0 Å². The molecule has 0 aliphatic rings. The number of benzene rings is 4. The van der Waals surface area contributed by atoms with Gasteiger partial charge in [-0.15, -0.1) is 5.11 Å². The topological polar surface area (TPSA) is 91.1 Å². The Labute approximate surface area is 168 Å². The summed E-state index contributed by atoms with van der Waals surface area (Å²) in [4.78, 5) is 0.119. The SMILES string of the molecule is O=S(=O)(Nc1ccccc1)c1ccc(N=Nc2c(O)ccc3ccccc23)cc1. The van der Waals surface area contributed by atoms with Gasteiger partial charge in [0.25, 0.3) is 10.0 Å². The first-order chi connectivity index (χ1) is 14.0. The average Bonchev–Trinajstić information content (AvgIpc) is 2.74. The lowest BCUT2D eigenvalue weighted by molar-refractivity contribution is 0.477. The molecule has 4 aromatic rings. The van der Waals surface area contributed by atoms with Crippen molar-refractivity contribution < 1.29 is 13.5 Å². The number of sulfonamides is 1. The summed E-state index contributed by atoms with van der Waals surface area (Å²) in [6.07, 6.45) is 0. The lowest BCUT2D eigenvalue weighted by Crippen LogP contribution is -2.12. The average molecular weight is 403 g/mol.